The molecule has 39 heavy (non-hydrogen) atoms. The molecule has 2 heterocycles. The summed E-state index contributed by atoms with van der Waals surface area (Å²) in [5.41, 5.74) is 4.30. The van der Waals surface area contributed by atoms with Crippen LogP contribution in [0, 0.1) is 23.7 Å². The lowest BCUT2D eigenvalue weighted by molar-refractivity contribution is -0.142. The maximum atomic E-state index is 13.3. The summed E-state index contributed by atoms with van der Waals surface area (Å²) in [6.45, 7) is 7.35. The molecule has 0 bridgehead atoms. The van der Waals surface area contributed by atoms with Crippen molar-refractivity contribution >= 4 is 29.2 Å². The van der Waals surface area contributed by atoms with Gasteiger partial charge in [-0.2, -0.15) is 5.26 Å². The van der Waals surface area contributed by atoms with Gasteiger partial charge in [0.25, 0.3) is 0 Å². The average Bonchev–Trinajstić information content (AvgIpc) is 3.39. The van der Waals surface area contributed by atoms with Gasteiger partial charge in [-0.05, 0) is 60.2 Å². The van der Waals surface area contributed by atoms with Crippen LogP contribution >= 0.6 is 0 Å². The van der Waals surface area contributed by atoms with E-state index in [9.17, 15) is 19.6 Å². The summed E-state index contributed by atoms with van der Waals surface area (Å²) in [4.78, 5) is 45.4. The summed E-state index contributed by atoms with van der Waals surface area (Å²) in [7, 11) is 0. The number of rotatable bonds is 5. The molecule has 0 radical (unpaired) electrons. The molecule has 2 aromatic carbocycles. The van der Waals surface area contributed by atoms with Gasteiger partial charge in [0.15, 0.2) is 0 Å². The van der Waals surface area contributed by atoms with Crippen LogP contribution in [0.3, 0.4) is 0 Å². The smallest absolute Gasteiger partial charge is 0.244 e. The van der Waals surface area contributed by atoms with Crippen LogP contribution in [0.4, 0.5) is 11.5 Å². The van der Waals surface area contributed by atoms with Crippen molar-refractivity contribution in [3.05, 3.63) is 88.1 Å². The van der Waals surface area contributed by atoms with Gasteiger partial charge >= 0.3 is 0 Å². The summed E-state index contributed by atoms with van der Waals surface area (Å²) in [5, 5.41) is 15.4. The number of carbonyl (C=O) groups is 3. The lowest BCUT2D eigenvalue weighted by atomic mass is 9.79. The lowest BCUT2D eigenvalue weighted by Gasteiger charge is -2.29. The van der Waals surface area contributed by atoms with Crippen molar-refractivity contribution in [2.75, 3.05) is 17.2 Å². The molecule has 198 valence electrons. The number of aryl methyl sites for hydroxylation is 1. The highest BCUT2D eigenvalue weighted by molar-refractivity contribution is 6.06. The van der Waals surface area contributed by atoms with Crippen molar-refractivity contribution in [1.82, 2.24) is 9.88 Å². The van der Waals surface area contributed by atoms with E-state index in [1.165, 1.54) is 4.90 Å². The van der Waals surface area contributed by atoms with Crippen LogP contribution in [0.5, 0.6) is 0 Å². The largest absolute Gasteiger partial charge is 0.329 e. The maximum absolute atomic E-state index is 13.3. The summed E-state index contributed by atoms with van der Waals surface area (Å²) < 4.78 is 0. The van der Waals surface area contributed by atoms with Crippen LogP contribution in [0.25, 0.3) is 0 Å². The number of nitrogens with one attached hydrogen (secondary N) is 2. The Labute approximate surface area is 228 Å². The minimum Gasteiger partial charge on any atom is -0.329 e. The molecule has 3 amide bonds. The lowest BCUT2D eigenvalue weighted by Crippen LogP contribution is -2.43. The van der Waals surface area contributed by atoms with E-state index in [0.29, 0.717) is 35.5 Å². The summed E-state index contributed by atoms with van der Waals surface area (Å²) in [5.74, 6) is 0.0511. The van der Waals surface area contributed by atoms with Crippen molar-refractivity contribution in [2.45, 2.75) is 52.5 Å². The number of benzene rings is 2. The van der Waals surface area contributed by atoms with E-state index in [4.69, 9.17) is 0 Å². The number of pyridine rings is 1. The highest BCUT2D eigenvalue weighted by Gasteiger charge is 2.51. The SMILES string of the molecule is Cc1cc2c(cc1NC(=O)CN(Cc1ccccc1C#N)C(=O)C(C)(C)C)CC1(C2)C(=O)Nc2ncccc21. The molecule has 8 nitrogen and oxygen atoms in total. The molecular formula is C31H31N5O3. The minimum atomic E-state index is -0.702. The zero-order valence-corrected chi connectivity index (χ0v) is 22.6. The van der Waals surface area contributed by atoms with Crippen molar-refractivity contribution in [3.8, 4) is 6.07 Å². The van der Waals surface area contributed by atoms with Crippen LogP contribution in [0.1, 0.15) is 54.2 Å². The van der Waals surface area contributed by atoms with Gasteiger partial charge < -0.3 is 15.5 Å². The first kappa shape index (κ1) is 26.1. The predicted octanol–water partition coefficient (Wildman–Crippen LogP) is 4.26. The molecule has 0 saturated carbocycles. The van der Waals surface area contributed by atoms with Crippen molar-refractivity contribution in [1.29, 1.82) is 5.26 Å². The van der Waals surface area contributed by atoms with Gasteiger partial charge in [-0.15, -0.1) is 0 Å². The number of anilines is 2. The van der Waals surface area contributed by atoms with Gasteiger partial charge in [-0.25, -0.2) is 4.98 Å². The zero-order chi connectivity index (χ0) is 27.9. The fourth-order valence-electron chi connectivity index (χ4n) is 5.59. The van der Waals surface area contributed by atoms with Crippen LogP contribution in [0.2, 0.25) is 0 Å². The second-order valence-corrected chi connectivity index (χ2v) is 11.5. The van der Waals surface area contributed by atoms with Gasteiger partial charge in [-0.3, -0.25) is 14.4 Å². The Morgan fingerprint density at radius 2 is 1.85 bits per heavy atom. The number of aromatic nitrogens is 1. The van der Waals surface area contributed by atoms with Gasteiger partial charge in [0.1, 0.15) is 12.4 Å². The highest BCUT2D eigenvalue weighted by Crippen LogP contribution is 2.47. The van der Waals surface area contributed by atoms with Crippen LogP contribution in [0.15, 0.2) is 54.7 Å². The third kappa shape index (κ3) is 4.76. The van der Waals surface area contributed by atoms with Crippen LogP contribution in [-0.4, -0.2) is 34.2 Å². The molecule has 8 heteroatoms. The molecule has 0 fully saturated rings. The number of carbonyl (C=O) groups excluding carboxylic acids is 3. The first-order valence-electron chi connectivity index (χ1n) is 13.0. The summed E-state index contributed by atoms with van der Waals surface area (Å²) in [6, 6.07) is 17.0. The fraction of sp³-hybridized carbons (Fsp3) is 0.323. The van der Waals surface area contributed by atoms with E-state index >= 15 is 0 Å². The van der Waals surface area contributed by atoms with Gasteiger partial charge in [0.2, 0.25) is 17.7 Å². The first-order valence-corrected chi connectivity index (χ1v) is 13.0. The van der Waals surface area contributed by atoms with Gasteiger partial charge in [0.05, 0.1) is 17.0 Å². The van der Waals surface area contributed by atoms with Crippen molar-refractivity contribution in [3.63, 3.8) is 0 Å². The molecule has 1 aliphatic heterocycles. The molecule has 1 unspecified atom stereocenters. The van der Waals surface area contributed by atoms with E-state index in [1.807, 2.05) is 58.0 Å². The molecule has 1 aliphatic carbocycles. The molecule has 1 spiro atoms. The number of hydrogen-bond donors (Lipinski definition) is 2. The Bertz CT molecular complexity index is 1550. The highest BCUT2D eigenvalue weighted by atomic mass is 16.2. The van der Waals surface area contributed by atoms with Crippen LogP contribution in [-0.2, 0) is 39.2 Å². The molecule has 0 saturated heterocycles. The van der Waals surface area contributed by atoms with Crippen LogP contribution < -0.4 is 10.6 Å². The Hall–Kier alpha value is -4.51. The Kier molecular flexibility index (Phi) is 6.47. The molecular weight excluding hydrogens is 490 g/mol. The third-order valence-electron chi connectivity index (χ3n) is 7.56. The topological polar surface area (TPSA) is 115 Å². The number of nitrogens with zero attached hydrogens (tertiary/aromatic N) is 3. The number of amides is 3. The Balaban J connectivity index is 1.37. The Morgan fingerprint density at radius 1 is 1.13 bits per heavy atom. The predicted molar refractivity (Wildman–Crippen MR) is 148 cm³/mol. The monoisotopic (exact) mass is 521 g/mol. The molecule has 2 N–H and O–H groups in total. The minimum absolute atomic E-state index is 0.0513. The second kappa shape index (κ2) is 9.66. The third-order valence-corrected chi connectivity index (χ3v) is 7.56. The van der Waals surface area contributed by atoms with Crippen molar-refractivity contribution in [2.24, 2.45) is 5.41 Å². The average molecular weight is 522 g/mol. The maximum Gasteiger partial charge on any atom is 0.244 e. The Morgan fingerprint density at radius 3 is 2.56 bits per heavy atom. The quantitative estimate of drug-likeness (QED) is 0.521. The van der Waals surface area contributed by atoms with Gasteiger partial charge in [0, 0.05) is 29.4 Å². The van der Waals surface area contributed by atoms with E-state index in [2.05, 4.69) is 21.7 Å². The first-order chi connectivity index (χ1) is 18.5. The molecule has 2 aliphatic rings. The van der Waals surface area contributed by atoms with E-state index < -0.39 is 10.8 Å². The van der Waals surface area contributed by atoms with E-state index in [-0.39, 0.29) is 30.8 Å². The molecule has 3 aromatic rings. The molecule has 1 aromatic heterocycles. The standard InChI is InChI=1S/C31H31N5O3/c1-19-12-22-14-31(24-10-7-11-33-27(24)35-28(31)38)15-23(22)13-25(19)34-26(37)18-36(29(39)30(2,3)4)17-21-9-6-5-8-20(21)16-32/h5-13H,14-15,17-18H2,1-4H3,(H,34,37)(H,33,35,38). The van der Waals surface area contributed by atoms with E-state index in [1.54, 1.807) is 24.4 Å². The fourth-order valence-corrected chi connectivity index (χ4v) is 5.59. The number of hydrogen-bond acceptors (Lipinski definition) is 5. The summed E-state index contributed by atoms with van der Waals surface area (Å²) in [6.07, 6.45) is 2.77. The van der Waals surface area contributed by atoms with Crippen molar-refractivity contribution < 1.29 is 14.4 Å². The molecule has 5 rings (SSSR count). The zero-order valence-electron chi connectivity index (χ0n) is 22.6. The van der Waals surface area contributed by atoms with Gasteiger partial charge in [-0.1, -0.05) is 51.1 Å². The van der Waals surface area contributed by atoms with E-state index in [0.717, 1.165) is 22.3 Å². The number of nitriles is 1. The molecule has 1 atom stereocenters. The summed E-state index contributed by atoms with van der Waals surface area (Å²) >= 11 is 0. The normalized spacial score (nSPS) is 17.3. The second-order valence-electron chi connectivity index (χ2n) is 11.5. The number of fused-ring (bicyclic) bond motifs is 3.